The van der Waals surface area contributed by atoms with E-state index < -0.39 is 0 Å². The average Bonchev–Trinajstić information content (AvgIpc) is 2.91. The van der Waals surface area contributed by atoms with Crippen LogP contribution in [0.4, 0.5) is 0 Å². The van der Waals surface area contributed by atoms with Crippen molar-refractivity contribution in [3.8, 4) is 0 Å². The number of hydrogen-bond acceptors (Lipinski definition) is 2. The molecule has 2 nitrogen and oxygen atoms in total. The molecule has 2 aliphatic heterocycles. The minimum atomic E-state index is 0.805. The van der Waals surface area contributed by atoms with Crippen LogP contribution >= 0.6 is 0 Å². The van der Waals surface area contributed by atoms with Gasteiger partial charge in [-0.3, -0.25) is 4.90 Å². The van der Waals surface area contributed by atoms with Gasteiger partial charge in [-0.05, 0) is 45.1 Å². The van der Waals surface area contributed by atoms with E-state index in [-0.39, 0.29) is 0 Å². The van der Waals surface area contributed by atoms with Crippen LogP contribution in [-0.4, -0.2) is 36.1 Å². The number of likely N-dealkylation sites (tertiary alicyclic amines) is 1. The van der Waals surface area contributed by atoms with Gasteiger partial charge in [0.15, 0.2) is 0 Å². The van der Waals surface area contributed by atoms with Gasteiger partial charge in [0.25, 0.3) is 0 Å². The number of nitrogens with one attached hydrogen (secondary N) is 1. The molecule has 0 aromatic rings. The van der Waals surface area contributed by atoms with E-state index >= 15 is 0 Å². The van der Waals surface area contributed by atoms with Crippen LogP contribution in [0.2, 0.25) is 0 Å². The van der Waals surface area contributed by atoms with Crippen LogP contribution in [0, 0.1) is 5.92 Å². The van der Waals surface area contributed by atoms with Gasteiger partial charge in [-0.1, -0.05) is 12.8 Å². The van der Waals surface area contributed by atoms with Crippen LogP contribution in [0.3, 0.4) is 0 Å². The molecule has 0 spiro atoms. The monoisotopic (exact) mass is 208 g/mol. The van der Waals surface area contributed by atoms with Crippen molar-refractivity contribution in [2.24, 2.45) is 5.92 Å². The summed E-state index contributed by atoms with van der Waals surface area (Å²) in [5.41, 5.74) is 0. The van der Waals surface area contributed by atoms with Gasteiger partial charge in [-0.2, -0.15) is 0 Å². The molecule has 0 amide bonds. The maximum absolute atomic E-state index is 3.76. The Morgan fingerprint density at radius 2 is 1.93 bits per heavy atom. The van der Waals surface area contributed by atoms with Crippen LogP contribution < -0.4 is 5.32 Å². The summed E-state index contributed by atoms with van der Waals surface area (Å²) < 4.78 is 0. The summed E-state index contributed by atoms with van der Waals surface area (Å²) in [5.74, 6) is 1.08. The Balaban J connectivity index is 1.55. The Hall–Kier alpha value is -0.0800. The number of rotatable bonds is 3. The highest BCUT2D eigenvalue weighted by Crippen LogP contribution is 2.35. The zero-order valence-corrected chi connectivity index (χ0v) is 9.91. The second kappa shape index (κ2) is 4.06. The topological polar surface area (TPSA) is 15.3 Å². The van der Waals surface area contributed by atoms with Crippen molar-refractivity contribution < 1.29 is 0 Å². The van der Waals surface area contributed by atoms with E-state index in [1.807, 2.05) is 0 Å². The van der Waals surface area contributed by atoms with Gasteiger partial charge in [-0.25, -0.2) is 0 Å². The van der Waals surface area contributed by atoms with Crippen LogP contribution in [0.25, 0.3) is 0 Å². The fourth-order valence-electron chi connectivity index (χ4n) is 3.36. The summed E-state index contributed by atoms with van der Waals surface area (Å²) in [6.07, 6.45) is 8.68. The first-order chi connectivity index (χ1) is 7.31. The van der Waals surface area contributed by atoms with E-state index in [9.17, 15) is 0 Å². The minimum absolute atomic E-state index is 0.805. The minimum Gasteiger partial charge on any atom is -0.310 e. The lowest BCUT2D eigenvalue weighted by molar-refractivity contribution is 0.184. The molecule has 2 saturated heterocycles. The zero-order chi connectivity index (χ0) is 10.3. The van der Waals surface area contributed by atoms with E-state index in [2.05, 4.69) is 17.1 Å². The summed E-state index contributed by atoms with van der Waals surface area (Å²) in [6.45, 7) is 5.09. The summed E-state index contributed by atoms with van der Waals surface area (Å²) in [5, 5.41) is 3.76. The molecule has 3 atom stereocenters. The standard InChI is InChI=1S/C13H24N2/c1-10(8-11-2-3-11)15-7-6-12-4-5-13(9-15)14-12/h10-14H,2-9H2,1H3. The Kier molecular flexibility index (Phi) is 2.73. The fourth-order valence-corrected chi connectivity index (χ4v) is 3.36. The Morgan fingerprint density at radius 3 is 2.73 bits per heavy atom. The first kappa shape index (κ1) is 10.1. The largest absolute Gasteiger partial charge is 0.310 e. The molecule has 0 aromatic heterocycles. The van der Waals surface area contributed by atoms with Crippen LogP contribution in [0.15, 0.2) is 0 Å². The molecule has 1 saturated carbocycles. The average molecular weight is 208 g/mol. The van der Waals surface area contributed by atoms with E-state index in [1.165, 1.54) is 51.6 Å². The molecule has 3 fully saturated rings. The summed E-state index contributed by atoms with van der Waals surface area (Å²) in [4.78, 5) is 2.75. The van der Waals surface area contributed by atoms with Crippen molar-refractivity contribution in [1.29, 1.82) is 0 Å². The Labute approximate surface area is 93.4 Å². The normalized spacial score (nSPS) is 39.0. The molecule has 1 N–H and O–H groups in total. The molecule has 2 heteroatoms. The van der Waals surface area contributed by atoms with E-state index in [0.29, 0.717) is 0 Å². The van der Waals surface area contributed by atoms with Gasteiger partial charge in [0, 0.05) is 24.7 Å². The summed E-state index contributed by atoms with van der Waals surface area (Å²) in [7, 11) is 0. The third-order valence-electron chi connectivity index (χ3n) is 4.55. The molecule has 2 heterocycles. The first-order valence-electron chi connectivity index (χ1n) is 6.81. The second-order valence-electron chi connectivity index (χ2n) is 5.95. The second-order valence-corrected chi connectivity index (χ2v) is 5.95. The lowest BCUT2D eigenvalue weighted by Gasteiger charge is -2.30. The van der Waals surface area contributed by atoms with Gasteiger partial charge in [0.05, 0.1) is 0 Å². The van der Waals surface area contributed by atoms with Crippen molar-refractivity contribution in [3.05, 3.63) is 0 Å². The molecule has 86 valence electrons. The number of fused-ring (bicyclic) bond motifs is 2. The van der Waals surface area contributed by atoms with Gasteiger partial charge < -0.3 is 5.32 Å². The molecule has 15 heavy (non-hydrogen) atoms. The SMILES string of the molecule is CC(CC1CC1)N1CCC2CCC(C1)N2. The Morgan fingerprint density at radius 1 is 1.13 bits per heavy atom. The van der Waals surface area contributed by atoms with Gasteiger partial charge in [0.2, 0.25) is 0 Å². The first-order valence-corrected chi connectivity index (χ1v) is 6.81. The van der Waals surface area contributed by atoms with Crippen LogP contribution in [0.5, 0.6) is 0 Å². The van der Waals surface area contributed by atoms with Gasteiger partial charge >= 0.3 is 0 Å². The van der Waals surface area contributed by atoms with Crippen LogP contribution in [-0.2, 0) is 0 Å². The Bertz CT molecular complexity index is 225. The van der Waals surface area contributed by atoms with Crippen molar-refractivity contribution in [2.75, 3.05) is 13.1 Å². The van der Waals surface area contributed by atoms with Crippen LogP contribution in [0.1, 0.15) is 45.4 Å². The lowest BCUT2D eigenvalue weighted by Crippen LogP contribution is -2.40. The zero-order valence-electron chi connectivity index (χ0n) is 9.91. The molecular weight excluding hydrogens is 184 g/mol. The van der Waals surface area contributed by atoms with E-state index in [0.717, 1.165) is 24.0 Å². The quantitative estimate of drug-likeness (QED) is 0.763. The molecule has 0 aromatic carbocycles. The molecule has 0 radical (unpaired) electrons. The maximum Gasteiger partial charge on any atom is 0.0198 e. The summed E-state index contributed by atoms with van der Waals surface area (Å²) in [6, 6.07) is 2.48. The van der Waals surface area contributed by atoms with E-state index in [4.69, 9.17) is 0 Å². The molecule has 1 aliphatic carbocycles. The van der Waals surface area contributed by atoms with Crippen molar-refractivity contribution in [3.63, 3.8) is 0 Å². The summed E-state index contributed by atoms with van der Waals surface area (Å²) >= 11 is 0. The highest BCUT2D eigenvalue weighted by Gasteiger charge is 2.32. The molecular formula is C13H24N2. The third-order valence-corrected chi connectivity index (χ3v) is 4.55. The van der Waals surface area contributed by atoms with Crippen molar-refractivity contribution in [2.45, 2.75) is 63.6 Å². The number of hydrogen-bond donors (Lipinski definition) is 1. The van der Waals surface area contributed by atoms with Gasteiger partial charge in [0.1, 0.15) is 0 Å². The van der Waals surface area contributed by atoms with Crippen molar-refractivity contribution in [1.82, 2.24) is 10.2 Å². The number of nitrogens with zero attached hydrogens (tertiary/aromatic N) is 1. The van der Waals surface area contributed by atoms with Crippen molar-refractivity contribution >= 4 is 0 Å². The van der Waals surface area contributed by atoms with Gasteiger partial charge in [-0.15, -0.1) is 0 Å². The highest BCUT2D eigenvalue weighted by atomic mass is 15.2. The molecule has 2 bridgehead atoms. The molecule has 3 rings (SSSR count). The van der Waals surface area contributed by atoms with E-state index in [1.54, 1.807) is 0 Å². The molecule has 3 unspecified atom stereocenters. The lowest BCUT2D eigenvalue weighted by atomic mass is 10.0. The predicted molar refractivity (Wildman–Crippen MR) is 62.9 cm³/mol. The molecule has 3 aliphatic rings. The predicted octanol–water partition coefficient (Wildman–Crippen LogP) is 2.00. The highest BCUT2D eigenvalue weighted by molar-refractivity contribution is 4.91. The fraction of sp³-hybridized carbons (Fsp3) is 1.00. The smallest absolute Gasteiger partial charge is 0.0198 e. The maximum atomic E-state index is 3.76. The third kappa shape index (κ3) is 2.36.